The number of aromatic nitrogens is 4. The van der Waals surface area contributed by atoms with Crippen molar-refractivity contribution in [1.29, 1.82) is 0 Å². The van der Waals surface area contributed by atoms with Gasteiger partial charge in [-0.25, -0.2) is 14.8 Å². The summed E-state index contributed by atoms with van der Waals surface area (Å²) < 4.78 is 7.32. The van der Waals surface area contributed by atoms with Crippen molar-refractivity contribution in [3.63, 3.8) is 0 Å². The largest absolute Gasteiger partial charge is 0.457 e. The number of ether oxygens (including phenoxy) is 1. The second kappa shape index (κ2) is 8.37. The summed E-state index contributed by atoms with van der Waals surface area (Å²) in [5.41, 5.74) is 0.292. The van der Waals surface area contributed by atoms with E-state index >= 15 is 0 Å². The molecule has 164 valence electrons. The van der Waals surface area contributed by atoms with E-state index in [2.05, 4.69) is 32.1 Å². The highest BCUT2D eigenvalue weighted by Crippen LogP contribution is 2.30. The number of rotatable bonds is 5. The molecule has 0 amide bonds. The molecule has 5 rings (SSSR count). The molecule has 2 aromatic carbocycles. The minimum atomic E-state index is -0.910. The summed E-state index contributed by atoms with van der Waals surface area (Å²) in [6.45, 7) is 2.72. The fraction of sp³-hybridized carbons (Fsp3) is 0.200. The van der Waals surface area contributed by atoms with Gasteiger partial charge in [0.05, 0.1) is 11.9 Å². The lowest BCUT2D eigenvalue weighted by atomic mass is 9.81. The first-order valence-electron chi connectivity index (χ1n) is 10.6. The maximum Gasteiger partial charge on any atom is 0.332 e. The third kappa shape index (κ3) is 3.69. The molecule has 2 aromatic heterocycles. The maximum atomic E-state index is 12.8. The monoisotopic (exact) mass is 439 g/mol. The zero-order valence-electron chi connectivity index (χ0n) is 18.0. The standard InChI is InChI=1S/C25H21N5O3/c1-2-6-21(31)25(13-14-26-16-25)23-27-15-20-22(28-23)29-24(32)30(20)17-9-11-19(12-10-17)33-18-7-4-3-5-8-18/h3-5,7-12,15,26H,13-14,16H2,1H3,(H,27,28,29,32)/t25-/m0/s1. The zero-order valence-corrected chi connectivity index (χ0v) is 18.0. The van der Waals surface area contributed by atoms with Gasteiger partial charge in [0.2, 0.25) is 5.78 Å². The van der Waals surface area contributed by atoms with Gasteiger partial charge < -0.3 is 10.1 Å². The molecular weight excluding hydrogens is 418 g/mol. The third-order valence-electron chi connectivity index (χ3n) is 5.77. The smallest absolute Gasteiger partial charge is 0.332 e. The number of carbonyl (C=O) groups excluding carboxylic acids is 1. The molecule has 4 aromatic rings. The van der Waals surface area contributed by atoms with Gasteiger partial charge in [0.15, 0.2) is 5.65 Å². The van der Waals surface area contributed by atoms with Crippen molar-refractivity contribution in [3.05, 3.63) is 77.1 Å². The van der Waals surface area contributed by atoms with Gasteiger partial charge >= 0.3 is 5.69 Å². The Morgan fingerprint density at radius 2 is 1.88 bits per heavy atom. The summed E-state index contributed by atoms with van der Waals surface area (Å²) in [4.78, 5) is 37.4. The topological polar surface area (TPSA) is 102 Å². The first kappa shape index (κ1) is 20.7. The molecule has 1 atom stereocenters. The molecule has 2 N–H and O–H groups in total. The van der Waals surface area contributed by atoms with Crippen molar-refractivity contribution in [3.8, 4) is 29.0 Å². The predicted molar refractivity (Wildman–Crippen MR) is 124 cm³/mol. The number of aromatic amines is 1. The summed E-state index contributed by atoms with van der Waals surface area (Å²) in [6.07, 6.45) is 2.14. The Morgan fingerprint density at radius 3 is 2.58 bits per heavy atom. The van der Waals surface area contributed by atoms with Crippen molar-refractivity contribution in [2.45, 2.75) is 18.8 Å². The average molecular weight is 439 g/mol. The first-order chi connectivity index (χ1) is 16.1. The number of carbonyl (C=O) groups is 1. The van der Waals surface area contributed by atoms with Crippen LogP contribution in [0.4, 0.5) is 0 Å². The van der Waals surface area contributed by atoms with Gasteiger partial charge in [0.1, 0.15) is 28.3 Å². The Hall–Kier alpha value is -4.22. The van der Waals surface area contributed by atoms with E-state index in [1.807, 2.05) is 30.3 Å². The van der Waals surface area contributed by atoms with Crippen LogP contribution in [-0.4, -0.2) is 38.4 Å². The highest BCUT2D eigenvalue weighted by molar-refractivity contribution is 6.04. The van der Waals surface area contributed by atoms with Crippen LogP contribution in [0.15, 0.2) is 65.6 Å². The maximum absolute atomic E-state index is 12.8. The Kier molecular flexibility index (Phi) is 5.24. The average Bonchev–Trinajstić information content (AvgIpc) is 3.45. The number of nitrogens with one attached hydrogen (secondary N) is 2. The summed E-state index contributed by atoms with van der Waals surface area (Å²) >= 11 is 0. The summed E-state index contributed by atoms with van der Waals surface area (Å²) in [5.74, 6) is 6.85. The van der Waals surface area contributed by atoms with Crippen molar-refractivity contribution < 1.29 is 9.53 Å². The molecule has 1 saturated heterocycles. The van der Waals surface area contributed by atoms with Crippen LogP contribution >= 0.6 is 0 Å². The van der Waals surface area contributed by atoms with E-state index in [1.54, 1.807) is 37.4 Å². The van der Waals surface area contributed by atoms with Gasteiger partial charge in [-0.05, 0) is 62.2 Å². The molecule has 0 spiro atoms. The third-order valence-corrected chi connectivity index (χ3v) is 5.77. The number of nitrogens with zero attached hydrogens (tertiary/aromatic N) is 3. The van der Waals surface area contributed by atoms with Crippen LogP contribution in [0.25, 0.3) is 16.9 Å². The highest BCUT2D eigenvalue weighted by Gasteiger charge is 2.45. The van der Waals surface area contributed by atoms with Gasteiger partial charge in [0.25, 0.3) is 0 Å². The van der Waals surface area contributed by atoms with E-state index in [0.29, 0.717) is 47.9 Å². The summed E-state index contributed by atoms with van der Waals surface area (Å²) in [7, 11) is 0. The SMILES string of the molecule is CC#CC(=O)[C@]1(c2ncc3c(n2)[nH]c(=O)n3-c2ccc(Oc3ccccc3)cc2)CCNC1. The summed E-state index contributed by atoms with van der Waals surface area (Å²) in [6, 6.07) is 16.6. The van der Waals surface area contributed by atoms with Crippen molar-refractivity contribution in [2.75, 3.05) is 13.1 Å². The van der Waals surface area contributed by atoms with E-state index in [1.165, 1.54) is 4.57 Å². The number of benzene rings is 2. The van der Waals surface area contributed by atoms with E-state index in [-0.39, 0.29) is 11.5 Å². The van der Waals surface area contributed by atoms with E-state index in [4.69, 9.17) is 4.74 Å². The molecule has 1 fully saturated rings. The Balaban J connectivity index is 1.50. The fourth-order valence-corrected chi connectivity index (χ4v) is 4.08. The molecule has 0 unspecified atom stereocenters. The Morgan fingerprint density at radius 1 is 1.12 bits per heavy atom. The molecular formula is C25H21N5O3. The van der Waals surface area contributed by atoms with Crippen molar-refractivity contribution in [2.24, 2.45) is 0 Å². The number of hydrogen-bond acceptors (Lipinski definition) is 6. The molecule has 0 aliphatic carbocycles. The molecule has 0 saturated carbocycles. The van der Waals surface area contributed by atoms with E-state index in [9.17, 15) is 9.59 Å². The van der Waals surface area contributed by atoms with Crippen molar-refractivity contribution >= 4 is 16.9 Å². The lowest BCUT2D eigenvalue weighted by Crippen LogP contribution is -2.39. The number of hydrogen-bond donors (Lipinski definition) is 2. The number of H-pyrrole nitrogens is 1. The van der Waals surface area contributed by atoms with Crippen LogP contribution in [0.3, 0.4) is 0 Å². The van der Waals surface area contributed by atoms with Gasteiger partial charge in [0, 0.05) is 6.54 Å². The number of ketones is 1. The summed E-state index contributed by atoms with van der Waals surface area (Å²) in [5, 5.41) is 3.21. The lowest BCUT2D eigenvalue weighted by Gasteiger charge is -2.22. The van der Waals surface area contributed by atoms with Crippen LogP contribution < -0.4 is 15.7 Å². The number of fused-ring (bicyclic) bond motifs is 1. The Labute approximate surface area is 189 Å². The second-order valence-electron chi connectivity index (χ2n) is 7.82. The molecule has 1 aliphatic rings. The molecule has 3 heterocycles. The number of Topliss-reactive ketones (excluding diaryl/α,β-unsaturated/α-hetero) is 1. The van der Waals surface area contributed by atoms with E-state index in [0.717, 1.165) is 5.75 Å². The van der Waals surface area contributed by atoms with Gasteiger partial charge in [-0.1, -0.05) is 24.1 Å². The molecule has 0 bridgehead atoms. The van der Waals surface area contributed by atoms with Crippen LogP contribution in [0.5, 0.6) is 11.5 Å². The van der Waals surface area contributed by atoms with E-state index < -0.39 is 5.41 Å². The minimum absolute atomic E-state index is 0.217. The van der Waals surface area contributed by atoms with Gasteiger partial charge in [-0.3, -0.25) is 14.3 Å². The zero-order chi connectivity index (χ0) is 22.8. The molecule has 0 radical (unpaired) electrons. The Bertz CT molecular complexity index is 1440. The lowest BCUT2D eigenvalue weighted by molar-refractivity contribution is -0.118. The molecule has 33 heavy (non-hydrogen) atoms. The molecule has 8 nitrogen and oxygen atoms in total. The molecule has 1 aliphatic heterocycles. The predicted octanol–water partition coefficient (Wildman–Crippen LogP) is 2.72. The first-order valence-corrected chi connectivity index (χ1v) is 10.6. The van der Waals surface area contributed by atoms with Gasteiger partial charge in [-0.15, -0.1) is 0 Å². The highest BCUT2D eigenvalue weighted by atomic mass is 16.5. The number of imidazole rings is 1. The van der Waals surface area contributed by atoms with Crippen molar-refractivity contribution in [1.82, 2.24) is 24.8 Å². The molecule has 8 heteroatoms. The van der Waals surface area contributed by atoms with Crippen LogP contribution in [0.1, 0.15) is 19.2 Å². The van der Waals surface area contributed by atoms with Crippen LogP contribution in [-0.2, 0) is 10.2 Å². The number of para-hydroxylation sites is 1. The van der Waals surface area contributed by atoms with Gasteiger partial charge in [-0.2, -0.15) is 0 Å². The van der Waals surface area contributed by atoms with Crippen LogP contribution in [0, 0.1) is 11.8 Å². The second-order valence-corrected chi connectivity index (χ2v) is 7.82. The fourth-order valence-electron chi connectivity index (χ4n) is 4.08. The van der Waals surface area contributed by atoms with Crippen LogP contribution in [0.2, 0.25) is 0 Å². The quantitative estimate of drug-likeness (QED) is 0.366. The normalized spacial score (nSPS) is 17.5. The minimum Gasteiger partial charge on any atom is -0.457 e.